The summed E-state index contributed by atoms with van der Waals surface area (Å²) < 4.78 is 11.6. The summed E-state index contributed by atoms with van der Waals surface area (Å²) in [6.07, 6.45) is 1.33. The van der Waals surface area contributed by atoms with Crippen LogP contribution >= 0.6 is 27.5 Å². The molecule has 9 nitrogen and oxygen atoms in total. The number of aryl methyl sites for hydroxylation is 2. The van der Waals surface area contributed by atoms with Crippen LogP contribution in [0.25, 0.3) is 6.08 Å². The Balaban J connectivity index is 1.57. The summed E-state index contributed by atoms with van der Waals surface area (Å²) in [5.41, 5.74) is 3.60. The van der Waals surface area contributed by atoms with Crippen LogP contribution in [0.1, 0.15) is 22.3 Å². The van der Waals surface area contributed by atoms with Crippen LogP contribution in [0.3, 0.4) is 0 Å². The van der Waals surface area contributed by atoms with Crippen LogP contribution in [0.4, 0.5) is 16.2 Å². The number of halogens is 2. The van der Waals surface area contributed by atoms with Crippen molar-refractivity contribution >= 4 is 68.7 Å². The van der Waals surface area contributed by atoms with Crippen molar-refractivity contribution < 1.29 is 28.7 Å². The molecule has 2 N–H and O–H groups in total. The van der Waals surface area contributed by atoms with E-state index in [9.17, 15) is 19.2 Å². The first-order valence-electron chi connectivity index (χ1n) is 12.0. The summed E-state index contributed by atoms with van der Waals surface area (Å²) in [6.45, 7) is 5.25. The number of rotatable bonds is 7. The van der Waals surface area contributed by atoms with Crippen molar-refractivity contribution in [2.75, 3.05) is 23.9 Å². The molecule has 0 aromatic heterocycles. The van der Waals surface area contributed by atoms with Crippen molar-refractivity contribution in [2.24, 2.45) is 0 Å². The average molecular weight is 627 g/mol. The van der Waals surface area contributed by atoms with Crippen LogP contribution in [-0.4, -0.2) is 37.5 Å². The molecule has 206 valence electrons. The van der Waals surface area contributed by atoms with E-state index in [4.69, 9.17) is 21.1 Å². The summed E-state index contributed by atoms with van der Waals surface area (Å²) >= 11 is 9.60. The fraction of sp³-hybridized carbons (Fsp3) is 0.172. The molecule has 1 aliphatic rings. The summed E-state index contributed by atoms with van der Waals surface area (Å²) in [4.78, 5) is 51.9. The molecule has 4 rings (SSSR count). The van der Waals surface area contributed by atoms with Crippen molar-refractivity contribution in [3.05, 3.63) is 85.9 Å². The van der Waals surface area contributed by atoms with Gasteiger partial charge < -0.3 is 14.8 Å². The second-order valence-electron chi connectivity index (χ2n) is 9.03. The highest BCUT2D eigenvalue weighted by atomic mass is 79.9. The Bertz CT molecular complexity index is 1590. The topological polar surface area (TPSA) is 114 Å². The second kappa shape index (κ2) is 11.9. The van der Waals surface area contributed by atoms with Gasteiger partial charge >= 0.3 is 6.03 Å². The quantitative estimate of drug-likeness (QED) is 0.256. The number of amides is 5. The van der Waals surface area contributed by atoms with E-state index in [1.807, 2.05) is 32.0 Å². The van der Waals surface area contributed by atoms with Gasteiger partial charge in [-0.1, -0.05) is 35.4 Å². The van der Waals surface area contributed by atoms with E-state index in [0.29, 0.717) is 26.3 Å². The Morgan fingerprint density at radius 3 is 2.55 bits per heavy atom. The van der Waals surface area contributed by atoms with Gasteiger partial charge in [0.25, 0.3) is 17.7 Å². The molecule has 0 atom stereocenters. The lowest BCUT2D eigenvalue weighted by Gasteiger charge is -2.27. The van der Waals surface area contributed by atoms with Crippen LogP contribution < -0.4 is 25.0 Å². The zero-order valence-corrected chi connectivity index (χ0v) is 24.4. The maximum Gasteiger partial charge on any atom is 0.335 e. The van der Waals surface area contributed by atoms with Crippen LogP contribution in [0, 0.1) is 20.8 Å². The lowest BCUT2D eigenvalue weighted by Crippen LogP contribution is -2.54. The normalized spacial score (nSPS) is 14.3. The first-order valence-corrected chi connectivity index (χ1v) is 13.2. The van der Waals surface area contributed by atoms with E-state index in [2.05, 4.69) is 26.6 Å². The van der Waals surface area contributed by atoms with Crippen molar-refractivity contribution in [3.63, 3.8) is 0 Å². The molecule has 1 saturated heterocycles. The van der Waals surface area contributed by atoms with Gasteiger partial charge in [-0.2, -0.15) is 0 Å². The van der Waals surface area contributed by atoms with Crippen LogP contribution in [0.2, 0.25) is 5.02 Å². The molecule has 40 heavy (non-hydrogen) atoms. The summed E-state index contributed by atoms with van der Waals surface area (Å²) in [7, 11) is 1.42. The predicted molar refractivity (Wildman–Crippen MR) is 156 cm³/mol. The monoisotopic (exact) mass is 625 g/mol. The molecule has 0 unspecified atom stereocenters. The van der Waals surface area contributed by atoms with Gasteiger partial charge in [0.2, 0.25) is 0 Å². The molecule has 0 spiro atoms. The van der Waals surface area contributed by atoms with Gasteiger partial charge in [0.05, 0.1) is 17.3 Å². The van der Waals surface area contributed by atoms with Crippen molar-refractivity contribution in [1.82, 2.24) is 5.32 Å². The molecule has 3 aromatic rings. The molecule has 5 amide bonds. The highest BCUT2D eigenvalue weighted by Gasteiger charge is 2.37. The van der Waals surface area contributed by atoms with E-state index in [-0.39, 0.29) is 35.3 Å². The zero-order valence-electron chi connectivity index (χ0n) is 22.1. The second-order valence-corrected chi connectivity index (χ2v) is 10.3. The van der Waals surface area contributed by atoms with Crippen LogP contribution in [0.15, 0.2) is 58.6 Å². The van der Waals surface area contributed by atoms with Gasteiger partial charge in [-0.15, -0.1) is 0 Å². The number of nitrogens with zero attached hydrogens (tertiary/aromatic N) is 1. The number of hydrogen-bond donors (Lipinski definition) is 2. The van der Waals surface area contributed by atoms with Gasteiger partial charge in [0, 0.05) is 10.7 Å². The fourth-order valence-electron chi connectivity index (χ4n) is 4.12. The highest BCUT2D eigenvalue weighted by molar-refractivity contribution is 9.10. The number of imide groups is 2. The molecule has 0 saturated carbocycles. The van der Waals surface area contributed by atoms with Crippen molar-refractivity contribution in [3.8, 4) is 11.5 Å². The number of hydrogen-bond acceptors (Lipinski definition) is 6. The largest absolute Gasteiger partial charge is 0.493 e. The molecule has 3 aromatic carbocycles. The van der Waals surface area contributed by atoms with Crippen LogP contribution in [0.5, 0.6) is 11.5 Å². The lowest BCUT2D eigenvalue weighted by atomic mass is 10.1. The van der Waals surface area contributed by atoms with Crippen molar-refractivity contribution in [1.29, 1.82) is 0 Å². The number of nitrogens with one attached hydrogen (secondary N) is 2. The number of anilines is 2. The number of ether oxygens (including phenoxy) is 2. The smallest absolute Gasteiger partial charge is 0.335 e. The molecule has 11 heteroatoms. The van der Waals surface area contributed by atoms with E-state index in [1.165, 1.54) is 13.2 Å². The standard InChI is InChI=1S/C29H25BrClN3O6/c1-15-8-9-22(16(2)10-15)32-25(35)14-40-26-20(30)12-18(13-24(26)39-4)11-19-27(36)33-29(38)34(28(19)37)23-7-5-6-21(31)17(23)3/h5-13H,14H2,1-4H3,(H,32,35)(H,33,36,38)/b19-11-. The van der Waals surface area contributed by atoms with E-state index in [1.54, 1.807) is 37.3 Å². The van der Waals surface area contributed by atoms with Crippen LogP contribution in [-0.2, 0) is 14.4 Å². The van der Waals surface area contributed by atoms with Gasteiger partial charge in [0.1, 0.15) is 5.57 Å². The SMILES string of the molecule is COc1cc(/C=C2/C(=O)NC(=O)N(c3cccc(Cl)c3C)C2=O)cc(Br)c1OCC(=O)Nc1ccc(C)cc1C. The summed E-state index contributed by atoms with van der Waals surface area (Å²) in [5, 5.41) is 5.38. The van der Waals surface area contributed by atoms with Gasteiger partial charge in [-0.3, -0.25) is 19.7 Å². The molecule has 1 heterocycles. The Kier molecular flexibility index (Phi) is 8.61. The van der Waals surface area contributed by atoms with Gasteiger partial charge in [0.15, 0.2) is 18.1 Å². The lowest BCUT2D eigenvalue weighted by molar-refractivity contribution is -0.122. The number of methoxy groups -OCH3 is 1. The number of benzene rings is 3. The molecule has 0 aliphatic carbocycles. The molecule has 0 bridgehead atoms. The molecule has 0 radical (unpaired) electrons. The maximum atomic E-state index is 13.3. The first kappa shape index (κ1) is 28.8. The average Bonchev–Trinajstić information content (AvgIpc) is 2.89. The third-order valence-corrected chi connectivity index (χ3v) is 7.15. The minimum absolute atomic E-state index is 0.253. The van der Waals surface area contributed by atoms with E-state index < -0.39 is 17.8 Å². The highest BCUT2D eigenvalue weighted by Crippen LogP contribution is 2.38. The maximum absolute atomic E-state index is 13.3. The minimum atomic E-state index is -0.876. The van der Waals surface area contributed by atoms with E-state index in [0.717, 1.165) is 16.0 Å². The third kappa shape index (κ3) is 6.03. The zero-order chi connectivity index (χ0) is 29.1. The van der Waals surface area contributed by atoms with Gasteiger partial charge in [-0.05, 0) is 89.8 Å². The minimum Gasteiger partial charge on any atom is -0.493 e. The molecule has 1 aliphatic heterocycles. The molecular weight excluding hydrogens is 602 g/mol. The Morgan fingerprint density at radius 2 is 1.85 bits per heavy atom. The number of barbiturate groups is 1. The third-order valence-electron chi connectivity index (χ3n) is 6.15. The fourth-order valence-corrected chi connectivity index (χ4v) is 4.87. The number of urea groups is 1. The Morgan fingerprint density at radius 1 is 1.10 bits per heavy atom. The summed E-state index contributed by atoms with van der Waals surface area (Å²) in [6, 6.07) is 12.8. The number of carbonyl (C=O) groups excluding carboxylic acids is 4. The first-order chi connectivity index (χ1) is 19.0. The number of carbonyl (C=O) groups is 4. The van der Waals surface area contributed by atoms with E-state index >= 15 is 0 Å². The predicted octanol–water partition coefficient (Wildman–Crippen LogP) is 5.72. The molecule has 1 fully saturated rings. The Hall–Kier alpha value is -4.15. The molecular formula is C29H25BrClN3O6. The summed E-state index contributed by atoms with van der Waals surface area (Å²) in [5.74, 6) is -1.51. The van der Waals surface area contributed by atoms with Crippen molar-refractivity contribution in [2.45, 2.75) is 20.8 Å². The van der Waals surface area contributed by atoms with Gasteiger partial charge in [-0.25, -0.2) is 9.69 Å². The Labute approximate surface area is 244 Å².